The van der Waals surface area contributed by atoms with Gasteiger partial charge in [-0.2, -0.15) is 0 Å². The SMILES string of the molecule is CCN(CC)CCN(C(=O)c1ccc(C)cc1C)c1nc2c(F)cc(F)cc2s1.Cl. The Kier molecular flexibility index (Phi) is 8.29. The molecule has 0 spiro atoms. The van der Waals surface area contributed by atoms with Crippen LogP contribution in [0.15, 0.2) is 30.3 Å². The van der Waals surface area contributed by atoms with Gasteiger partial charge in [0.1, 0.15) is 11.3 Å². The van der Waals surface area contributed by atoms with Gasteiger partial charge in [0.15, 0.2) is 10.9 Å². The number of aryl methyl sites for hydroxylation is 2. The highest BCUT2D eigenvalue weighted by Gasteiger charge is 2.24. The van der Waals surface area contributed by atoms with Crippen LogP contribution in [0.4, 0.5) is 13.9 Å². The average Bonchev–Trinajstić information content (AvgIpc) is 3.09. The molecule has 4 nitrogen and oxygen atoms in total. The lowest BCUT2D eigenvalue weighted by molar-refractivity contribution is 0.0983. The van der Waals surface area contributed by atoms with Crippen LogP contribution in [-0.2, 0) is 0 Å². The number of anilines is 1. The fourth-order valence-corrected chi connectivity index (χ4v) is 4.35. The average molecular weight is 454 g/mol. The molecule has 0 aliphatic carbocycles. The van der Waals surface area contributed by atoms with E-state index in [1.807, 2.05) is 32.0 Å². The van der Waals surface area contributed by atoms with Gasteiger partial charge in [-0.05, 0) is 44.6 Å². The van der Waals surface area contributed by atoms with Crippen LogP contribution in [-0.4, -0.2) is 42.0 Å². The number of aromatic nitrogens is 1. The first-order valence-electron chi connectivity index (χ1n) is 9.71. The van der Waals surface area contributed by atoms with Crippen LogP contribution in [0.5, 0.6) is 0 Å². The summed E-state index contributed by atoms with van der Waals surface area (Å²) in [5, 5.41) is 0.377. The Morgan fingerprint density at radius 1 is 1.07 bits per heavy atom. The third-order valence-electron chi connectivity index (χ3n) is 5.02. The Labute approximate surface area is 185 Å². The van der Waals surface area contributed by atoms with Gasteiger partial charge in [-0.3, -0.25) is 9.69 Å². The monoisotopic (exact) mass is 453 g/mol. The predicted molar refractivity (Wildman–Crippen MR) is 122 cm³/mol. The first-order valence-corrected chi connectivity index (χ1v) is 10.5. The van der Waals surface area contributed by atoms with E-state index in [-0.39, 0.29) is 23.8 Å². The molecule has 0 aliphatic heterocycles. The van der Waals surface area contributed by atoms with Crippen molar-refractivity contribution in [3.8, 4) is 0 Å². The molecule has 3 rings (SSSR count). The van der Waals surface area contributed by atoms with Crippen LogP contribution in [0.25, 0.3) is 10.2 Å². The van der Waals surface area contributed by atoms with Crippen molar-refractivity contribution in [3.63, 3.8) is 0 Å². The number of hydrogen-bond acceptors (Lipinski definition) is 4. The van der Waals surface area contributed by atoms with E-state index in [1.165, 1.54) is 6.07 Å². The van der Waals surface area contributed by atoms with Crippen LogP contribution in [0.3, 0.4) is 0 Å². The fourth-order valence-electron chi connectivity index (χ4n) is 3.33. The maximum absolute atomic E-state index is 14.2. The minimum Gasteiger partial charge on any atom is -0.302 e. The number of fused-ring (bicyclic) bond motifs is 1. The summed E-state index contributed by atoms with van der Waals surface area (Å²) in [5.74, 6) is -1.56. The molecule has 0 atom stereocenters. The van der Waals surface area contributed by atoms with E-state index in [9.17, 15) is 13.6 Å². The smallest absolute Gasteiger partial charge is 0.260 e. The lowest BCUT2D eigenvalue weighted by atomic mass is 10.0. The minimum absolute atomic E-state index is 0. The molecule has 0 aliphatic rings. The number of hydrogen-bond donors (Lipinski definition) is 0. The fraction of sp³-hybridized carbons (Fsp3) is 0.364. The molecule has 162 valence electrons. The summed E-state index contributed by atoms with van der Waals surface area (Å²) < 4.78 is 28.2. The first kappa shape index (κ1) is 24.2. The zero-order valence-corrected chi connectivity index (χ0v) is 19.2. The highest BCUT2D eigenvalue weighted by Crippen LogP contribution is 2.32. The highest BCUT2D eigenvalue weighted by atomic mass is 35.5. The molecule has 8 heteroatoms. The van der Waals surface area contributed by atoms with E-state index in [1.54, 1.807) is 4.90 Å². The van der Waals surface area contributed by atoms with E-state index in [4.69, 9.17) is 0 Å². The van der Waals surface area contributed by atoms with Crippen LogP contribution >= 0.6 is 23.7 Å². The number of carbonyl (C=O) groups is 1. The number of halogens is 3. The Balaban J connectivity index is 0.00000320. The normalized spacial score (nSPS) is 11.0. The molecule has 0 bridgehead atoms. The maximum atomic E-state index is 14.2. The van der Waals surface area contributed by atoms with E-state index in [0.717, 1.165) is 41.6 Å². The van der Waals surface area contributed by atoms with Crippen molar-refractivity contribution in [2.24, 2.45) is 0 Å². The standard InChI is InChI=1S/C22H25F2N3OS.ClH/c1-5-26(6-2)9-10-27(21(28)17-8-7-14(3)11-15(17)4)22-25-20-18(24)12-16(23)13-19(20)29-22;/h7-8,11-13H,5-6,9-10H2,1-4H3;1H. The van der Waals surface area contributed by atoms with Crippen molar-refractivity contribution in [1.82, 2.24) is 9.88 Å². The topological polar surface area (TPSA) is 36.4 Å². The van der Waals surface area contributed by atoms with Crippen molar-refractivity contribution in [1.29, 1.82) is 0 Å². The Bertz CT molecular complexity index is 1040. The second-order valence-electron chi connectivity index (χ2n) is 7.03. The summed E-state index contributed by atoms with van der Waals surface area (Å²) in [5.41, 5.74) is 2.63. The Morgan fingerprint density at radius 3 is 2.40 bits per heavy atom. The van der Waals surface area contributed by atoms with Gasteiger partial charge >= 0.3 is 0 Å². The largest absolute Gasteiger partial charge is 0.302 e. The van der Waals surface area contributed by atoms with E-state index in [0.29, 0.717) is 28.5 Å². The van der Waals surface area contributed by atoms with Crippen LogP contribution < -0.4 is 4.90 Å². The minimum atomic E-state index is -0.717. The van der Waals surface area contributed by atoms with Gasteiger partial charge in [-0.25, -0.2) is 13.8 Å². The number of thiazole rings is 1. The number of likely N-dealkylation sites (N-methyl/N-ethyl adjacent to an activating group) is 1. The lowest BCUT2D eigenvalue weighted by Crippen LogP contribution is -2.39. The van der Waals surface area contributed by atoms with Crippen LogP contribution in [0.1, 0.15) is 35.3 Å². The first-order chi connectivity index (χ1) is 13.8. The summed E-state index contributed by atoms with van der Waals surface area (Å²) in [7, 11) is 0. The van der Waals surface area contributed by atoms with Crippen LogP contribution in [0.2, 0.25) is 0 Å². The van der Waals surface area contributed by atoms with E-state index >= 15 is 0 Å². The van der Waals surface area contributed by atoms with Crippen molar-refractivity contribution < 1.29 is 13.6 Å². The van der Waals surface area contributed by atoms with E-state index in [2.05, 4.69) is 23.7 Å². The van der Waals surface area contributed by atoms with Gasteiger partial charge in [0, 0.05) is 24.7 Å². The lowest BCUT2D eigenvalue weighted by Gasteiger charge is -2.25. The highest BCUT2D eigenvalue weighted by molar-refractivity contribution is 7.22. The third-order valence-corrected chi connectivity index (χ3v) is 6.05. The maximum Gasteiger partial charge on any atom is 0.260 e. The quantitative estimate of drug-likeness (QED) is 0.467. The molecule has 0 fully saturated rings. The summed E-state index contributed by atoms with van der Waals surface area (Å²) in [6, 6.07) is 7.74. The molecular formula is C22H26ClF2N3OS. The molecule has 0 saturated carbocycles. The number of benzene rings is 2. The predicted octanol–water partition coefficient (Wildman–Crippen LogP) is 5.60. The molecule has 0 radical (unpaired) electrons. The third kappa shape index (κ3) is 5.14. The zero-order valence-electron chi connectivity index (χ0n) is 17.5. The molecule has 30 heavy (non-hydrogen) atoms. The van der Waals surface area contributed by atoms with Crippen LogP contribution in [0, 0.1) is 25.5 Å². The number of amides is 1. The molecule has 1 amide bonds. The van der Waals surface area contributed by atoms with Gasteiger partial charge in [0.05, 0.1) is 4.70 Å². The molecule has 3 aromatic rings. The van der Waals surface area contributed by atoms with E-state index < -0.39 is 11.6 Å². The number of nitrogens with zero attached hydrogens (tertiary/aromatic N) is 3. The molecule has 1 aromatic heterocycles. The summed E-state index contributed by atoms with van der Waals surface area (Å²) in [6.45, 7) is 10.8. The van der Waals surface area contributed by atoms with Gasteiger partial charge < -0.3 is 4.90 Å². The Morgan fingerprint density at radius 2 is 1.77 bits per heavy atom. The number of carbonyl (C=O) groups excluding carboxylic acids is 1. The summed E-state index contributed by atoms with van der Waals surface area (Å²) in [4.78, 5) is 21.5. The zero-order chi connectivity index (χ0) is 21.1. The molecule has 2 aromatic carbocycles. The second-order valence-corrected chi connectivity index (χ2v) is 8.04. The van der Waals surface area contributed by atoms with Crippen molar-refractivity contribution in [2.45, 2.75) is 27.7 Å². The summed E-state index contributed by atoms with van der Waals surface area (Å²) in [6.07, 6.45) is 0. The van der Waals surface area contributed by atoms with Crippen molar-refractivity contribution in [3.05, 3.63) is 58.7 Å². The molecule has 0 N–H and O–H groups in total. The van der Waals surface area contributed by atoms with Crippen molar-refractivity contribution >= 4 is 45.0 Å². The Hall–Kier alpha value is -2.09. The van der Waals surface area contributed by atoms with Gasteiger partial charge in [0.25, 0.3) is 5.91 Å². The number of rotatable bonds is 7. The van der Waals surface area contributed by atoms with Gasteiger partial charge in [-0.15, -0.1) is 12.4 Å². The molecular weight excluding hydrogens is 428 g/mol. The molecule has 0 unspecified atom stereocenters. The van der Waals surface area contributed by atoms with Crippen molar-refractivity contribution in [2.75, 3.05) is 31.1 Å². The molecule has 1 heterocycles. The summed E-state index contributed by atoms with van der Waals surface area (Å²) >= 11 is 1.13. The molecule has 0 saturated heterocycles. The van der Waals surface area contributed by atoms with Gasteiger partial charge in [0.2, 0.25) is 0 Å². The second kappa shape index (κ2) is 10.3. The van der Waals surface area contributed by atoms with Gasteiger partial charge in [-0.1, -0.05) is 42.9 Å².